The van der Waals surface area contributed by atoms with E-state index in [1.165, 1.54) is 0 Å². The number of unbranched alkanes of at least 4 members (excludes halogenated alkanes) is 14. The van der Waals surface area contributed by atoms with E-state index >= 15 is 0 Å². The van der Waals surface area contributed by atoms with Crippen LogP contribution in [0.5, 0.6) is 0 Å². The van der Waals surface area contributed by atoms with Crippen LogP contribution in [0.15, 0.2) is 97.2 Å². The molecular weight excluding hydrogens is 901 g/mol. The minimum atomic E-state index is -1.92. The molecule has 402 valence electrons. The molecule has 0 aromatic rings. The van der Waals surface area contributed by atoms with Crippen LogP contribution in [0.3, 0.4) is 0 Å². The average Bonchev–Trinajstić information content (AvgIpc) is 3.35. The van der Waals surface area contributed by atoms with Gasteiger partial charge >= 0.3 is 23.9 Å². The maximum atomic E-state index is 13.1. The van der Waals surface area contributed by atoms with Gasteiger partial charge in [0.1, 0.15) is 18.8 Å². The molecule has 12 nitrogen and oxygen atoms in total. The largest absolute Gasteiger partial charge is 0.479 e. The number of carboxylic acids is 1. The van der Waals surface area contributed by atoms with Crippen molar-refractivity contribution < 1.29 is 58.2 Å². The highest BCUT2D eigenvalue weighted by Gasteiger charge is 2.50. The van der Waals surface area contributed by atoms with Gasteiger partial charge in [0.25, 0.3) is 0 Å². The Hall–Kier alpha value is -4.36. The normalized spacial score (nSPS) is 19.3. The zero-order chi connectivity index (χ0) is 51.8. The fourth-order valence-electron chi connectivity index (χ4n) is 7.43. The van der Waals surface area contributed by atoms with Gasteiger partial charge in [-0.15, -0.1) is 0 Å². The predicted octanol–water partition coefficient (Wildman–Crippen LogP) is 13.3. The summed E-state index contributed by atoms with van der Waals surface area (Å²) in [6, 6.07) is 0. The first-order valence-electron chi connectivity index (χ1n) is 27.2. The molecule has 0 amide bonds. The number of carbonyl (C=O) groups is 4. The summed E-state index contributed by atoms with van der Waals surface area (Å²) >= 11 is 0. The highest BCUT2D eigenvalue weighted by Crippen LogP contribution is 2.26. The molecule has 0 aromatic carbocycles. The first-order valence-corrected chi connectivity index (χ1v) is 27.2. The van der Waals surface area contributed by atoms with E-state index < -0.39 is 67.3 Å². The highest BCUT2D eigenvalue weighted by molar-refractivity contribution is 5.74. The van der Waals surface area contributed by atoms with Crippen molar-refractivity contribution in [3.63, 3.8) is 0 Å². The molecule has 1 rings (SSSR count). The van der Waals surface area contributed by atoms with Gasteiger partial charge < -0.3 is 39.0 Å². The van der Waals surface area contributed by atoms with Crippen molar-refractivity contribution in [2.45, 2.75) is 237 Å². The monoisotopic (exact) mass is 995 g/mol. The number of allylic oxidation sites excluding steroid dienone is 16. The zero-order valence-electron chi connectivity index (χ0n) is 43.9. The molecule has 1 fully saturated rings. The predicted molar refractivity (Wildman–Crippen MR) is 284 cm³/mol. The van der Waals surface area contributed by atoms with E-state index in [2.05, 4.69) is 118 Å². The number of hydrogen-bond acceptors (Lipinski definition) is 11. The van der Waals surface area contributed by atoms with Crippen molar-refractivity contribution in [1.29, 1.82) is 0 Å². The SMILES string of the molecule is CC/C=C\C/C=C\C/C=C\C/C=C\CCCCC(=O)OC1C(OCC(COC(=O)CCCCCCC/C=C\C/C=C\CCC)OC(=O)CCCCCCC/C=C\C/C=C\CCC)OC(C(=O)O)C(O)C1O. The lowest BCUT2D eigenvalue weighted by Crippen LogP contribution is -2.61. The van der Waals surface area contributed by atoms with Crippen LogP contribution >= 0.6 is 0 Å². The Morgan fingerprint density at radius 3 is 1.38 bits per heavy atom. The summed E-state index contributed by atoms with van der Waals surface area (Å²) in [4.78, 5) is 50.9. The molecular formula is C59H94O12. The van der Waals surface area contributed by atoms with Gasteiger partial charge in [0.2, 0.25) is 0 Å². The van der Waals surface area contributed by atoms with E-state index in [-0.39, 0.29) is 25.9 Å². The molecule has 71 heavy (non-hydrogen) atoms. The molecule has 12 heteroatoms. The molecule has 1 saturated heterocycles. The zero-order valence-corrected chi connectivity index (χ0v) is 43.9. The number of aliphatic hydroxyl groups excluding tert-OH is 2. The Bertz CT molecular complexity index is 1610. The maximum Gasteiger partial charge on any atom is 0.335 e. The number of ether oxygens (including phenoxy) is 5. The number of esters is 3. The van der Waals surface area contributed by atoms with Crippen molar-refractivity contribution in [1.82, 2.24) is 0 Å². The van der Waals surface area contributed by atoms with Crippen LogP contribution in [-0.2, 0) is 42.9 Å². The van der Waals surface area contributed by atoms with E-state index in [1.807, 2.05) is 0 Å². The first kappa shape index (κ1) is 64.7. The van der Waals surface area contributed by atoms with Gasteiger partial charge in [0, 0.05) is 19.3 Å². The topological polar surface area (TPSA) is 175 Å². The third kappa shape index (κ3) is 37.1. The molecule has 1 aliphatic rings. The van der Waals surface area contributed by atoms with Gasteiger partial charge in [-0.05, 0) is 109 Å². The third-order valence-corrected chi connectivity index (χ3v) is 11.6. The fraction of sp³-hybridized carbons (Fsp3) is 0.661. The number of rotatable bonds is 44. The summed E-state index contributed by atoms with van der Waals surface area (Å²) in [6.45, 7) is 5.67. The minimum absolute atomic E-state index is 0.000762. The van der Waals surface area contributed by atoms with Crippen LogP contribution in [0, 0.1) is 0 Å². The Morgan fingerprint density at radius 2 is 0.887 bits per heavy atom. The molecule has 0 bridgehead atoms. The summed E-state index contributed by atoms with van der Waals surface area (Å²) < 4.78 is 28.3. The van der Waals surface area contributed by atoms with E-state index in [1.54, 1.807) is 0 Å². The summed E-state index contributed by atoms with van der Waals surface area (Å²) in [5.41, 5.74) is 0. The number of carbonyl (C=O) groups excluding carboxylic acids is 3. The lowest BCUT2D eigenvalue weighted by atomic mass is 9.98. The second-order valence-corrected chi connectivity index (χ2v) is 18.1. The quantitative estimate of drug-likeness (QED) is 0.0228. The van der Waals surface area contributed by atoms with Crippen molar-refractivity contribution in [2.75, 3.05) is 13.2 Å². The second-order valence-electron chi connectivity index (χ2n) is 18.1. The van der Waals surface area contributed by atoms with Crippen molar-refractivity contribution >= 4 is 23.9 Å². The van der Waals surface area contributed by atoms with Crippen molar-refractivity contribution in [2.24, 2.45) is 0 Å². The van der Waals surface area contributed by atoms with Gasteiger partial charge in [-0.3, -0.25) is 14.4 Å². The lowest BCUT2D eigenvalue weighted by molar-refractivity contribution is -0.301. The van der Waals surface area contributed by atoms with Gasteiger partial charge in [0.15, 0.2) is 24.6 Å². The number of carboxylic acid groups (broad SMARTS) is 1. The maximum absolute atomic E-state index is 13.1. The molecule has 0 radical (unpaired) electrons. The van der Waals surface area contributed by atoms with Gasteiger partial charge in [-0.1, -0.05) is 169 Å². The van der Waals surface area contributed by atoms with Crippen LogP contribution in [0.4, 0.5) is 0 Å². The fourth-order valence-corrected chi connectivity index (χ4v) is 7.43. The Kier molecular flexibility index (Phi) is 42.5. The summed E-state index contributed by atoms with van der Waals surface area (Å²) in [5.74, 6) is -3.23. The molecule has 6 unspecified atom stereocenters. The number of hydrogen-bond donors (Lipinski definition) is 3. The Balaban J connectivity index is 2.77. The summed E-state index contributed by atoms with van der Waals surface area (Å²) in [5, 5.41) is 31.4. The Morgan fingerprint density at radius 1 is 0.479 bits per heavy atom. The van der Waals surface area contributed by atoms with Crippen LogP contribution < -0.4 is 0 Å². The minimum Gasteiger partial charge on any atom is -0.479 e. The first-order chi connectivity index (χ1) is 34.6. The van der Waals surface area contributed by atoms with E-state index in [0.29, 0.717) is 25.7 Å². The molecule has 3 N–H and O–H groups in total. The van der Waals surface area contributed by atoms with Gasteiger partial charge in [0.05, 0.1) is 6.61 Å². The summed E-state index contributed by atoms with van der Waals surface area (Å²) in [6.07, 6.45) is 48.2. The van der Waals surface area contributed by atoms with Gasteiger partial charge in [-0.25, -0.2) is 4.79 Å². The molecule has 0 aliphatic carbocycles. The molecule has 1 aliphatic heterocycles. The highest BCUT2D eigenvalue weighted by atomic mass is 16.7. The standard InChI is InChI=1S/C59H94O12/c1-4-7-10-13-16-19-22-25-26-29-32-35-38-41-44-47-53(62)70-57-55(64)54(63)56(58(65)66)71-59(57)68-49-50(69-52(61)46-43-40-37-34-31-28-24-21-18-15-12-9-6-3)48-67-51(60)45-42-39-36-33-30-27-23-20-17-14-11-8-5-2/h7,10-12,14-16,19-21,23-26,32,35,50,54-57,59,63-64H,4-6,8-9,13,17-18,22,27-31,33-34,36-49H2,1-3H3,(H,65,66)/b10-7-,14-11-,15-12-,19-16-,23-20-,24-21-,26-25-,35-32-. The van der Waals surface area contributed by atoms with Crippen LogP contribution in [-0.4, -0.2) is 89.2 Å². The van der Waals surface area contributed by atoms with Crippen molar-refractivity contribution in [3.8, 4) is 0 Å². The number of aliphatic carboxylic acids is 1. The van der Waals surface area contributed by atoms with Crippen LogP contribution in [0.25, 0.3) is 0 Å². The summed E-state index contributed by atoms with van der Waals surface area (Å²) in [7, 11) is 0. The average molecular weight is 995 g/mol. The molecule has 0 aromatic heterocycles. The third-order valence-electron chi connectivity index (χ3n) is 11.6. The van der Waals surface area contributed by atoms with Crippen LogP contribution in [0.2, 0.25) is 0 Å². The smallest absolute Gasteiger partial charge is 0.335 e. The molecule has 0 spiro atoms. The second kappa shape index (κ2) is 46.7. The van der Waals surface area contributed by atoms with Gasteiger partial charge in [-0.2, -0.15) is 0 Å². The molecule has 0 saturated carbocycles. The molecule has 1 heterocycles. The Labute approximate surface area is 428 Å². The number of aliphatic hydroxyl groups is 2. The van der Waals surface area contributed by atoms with E-state index in [4.69, 9.17) is 23.7 Å². The lowest BCUT2D eigenvalue weighted by Gasteiger charge is -2.40. The van der Waals surface area contributed by atoms with E-state index in [0.717, 1.165) is 135 Å². The van der Waals surface area contributed by atoms with Crippen molar-refractivity contribution in [3.05, 3.63) is 97.2 Å². The molecule has 6 atom stereocenters. The van der Waals surface area contributed by atoms with E-state index in [9.17, 15) is 34.5 Å². The van der Waals surface area contributed by atoms with Crippen LogP contribution in [0.1, 0.15) is 201 Å².